The monoisotopic (exact) mass is 302 g/mol. The maximum absolute atomic E-state index is 5.55. The zero-order valence-corrected chi connectivity index (χ0v) is 11.8. The van der Waals surface area contributed by atoms with Crippen LogP contribution in [0.1, 0.15) is 23.9 Å². The molecule has 7 heteroatoms. The van der Waals surface area contributed by atoms with Gasteiger partial charge in [-0.1, -0.05) is 29.4 Å². The smallest absolute Gasteiger partial charge is 0.244 e. The van der Waals surface area contributed by atoms with Gasteiger partial charge < -0.3 is 15.6 Å². The summed E-state index contributed by atoms with van der Waals surface area (Å²) >= 11 is 0. The lowest BCUT2D eigenvalue weighted by Crippen LogP contribution is -2.35. The number of halogens is 2. The first kappa shape index (κ1) is 15.9. The van der Waals surface area contributed by atoms with E-state index >= 15 is 0 Å². The zero-order valence-electron chi connectivity index (χ0n) is 10.2. The molecule has 5 nitrogen and oxygen atoms in total. The molecule has 0 unspecified atom stereocenters. The van der Waals surface area contributed by atoms with Crippen LogP contribution in [-0.4, -0.2) is 16.7 Å². The fourth-order valence-corrected chi connectivity index (χ4v) is 1.78. The number of hydrogen-bond donors (Lipinski definition) is 2. The van der Waals surface area contributed by atoms with Crippen molar-refractivity contribution in [2.75, 3.05) is 6.54 Å². The third kappa shape index (κ3) is 3.25. The number of nitrogens with zero attached hydrogens (tertiary/aromatic N) is 2. The number of hydrogen-bond acceptors (Lipinski definition) is 5. The third-order valence-corrected chi connectivity index (χ3v) is 3.01. The third-order valence-electron chi connectivity index (χ3n) is 3.01. The Morgan fingerprint density at radius 1 is 1.26 bits per heavy atom. The summed E-state index contributed by atoms with van der Waals surface area (Å²) < 4.78 is 5.23. The van der Waals surface area contributed by atoms with Crippen LogP contribution in [0.4, 0.5) is 0 Å². The van der Waals surface area contributed by atoms with E-state index in [0.29, 0.717) is 18.3 Å². The van der Waals surface area contributed by atoms with E-state index in [-0.39, 0.29) is 30.9 Å². The molecule has 0 radical (unpaired) electrons. The van der Waals surface area contributed by atoms with Gasteiger partial charge in [0.15, 0.2) is 0 Å². The molecule has 1 aromatic heterocycles. The Morgan fingerprint density at radius 2 is 1.95 bits per heavy atom. The van der Waals surface area contributed by atoms with Crippen LogP contribution in [0.5, 0.6) is 0 Å². The summed E-state index contributed by atoms with van der Waals surface area (Å²) in [6.45, 7) is 1.57. The second-order valence-electron chi connectivity index (χ2n) is 4.15. The molecule has 1 aromatic carbocycles. The molecule has 1 aliphatic heterocycles. The SMILES string of the molecule is Cl.Cl.NCc1ccc(-c2noc([C@H]3CCN3)n2)cc1. The molecule has 0 bridgehead atoms. The fraction of sp³-hybridized carbons (Fsp3) is 0.333. The van der Waals surface area contributed by atoms with E-state index in [4.69, 9.17) is 10.3 Å². The van der Waals surface area contributed by atoms with Gasteiger partial charge in [-0.15, -0.1) is 24.8 Å². The van der Waals surface area contributed by atoms with Gasteiger partial charge in [0, 0.05) is 12.1 Å². The molecule has 1 fully saturated rings. The van der Waals surface area contributed by atoms with Crippen molar-refractivity contribution in [3.05, 3.63) is 35.7 Å². The van der Waals surface area contributed by atoms with Crippen LogP contribution in [0.3, 0.4) is 0 Å². The predicted molar refractivity (Wildman–Crippen MR) is 77.5 cm³/mol. The van der Waals surface area contributed by atoms with E-state index in [1.54, 1.807) is 0 Å². The van der Waals surface area contributed by atoms with Crippen LogP contribution in [0, 0.1) is 0 Å². The highest BCUT2D eigenvalue weighted by atomic mass is 35.5. The van der Waals surface area contributed by atoms with Gasteiger partial charge in [-0.05, 0) is 18.5 Å². The van der Waals surface area contributed by atoms with Gasteiger partial charge in [0.05, 0.1) is 6.04 Å². The highest BCUT2D eigenvalue weighted by molar-refractivity contribution is 5.85. The molecule has 3 N–H and O–H groups in total. The van der Waals surface area contributed by atoms with E-state index in [2.05, 4.69) is 15.5 Å². The maximum atomic E-state index is 5.55. The number of rotatable bonds is 3. The Hall–Kier alpha value is -1.14. The number of nitrogens with two attached hydrogens (primary N) is 1. The van der Waals surface area contributed by atoms with Crippen LogP contribution < -0.4 is 11.1 Å². The van der Waals surface area contributed by atoms with Gasteiger partial charge in [0.25, 0.3) is 0 Å². The average molecular weight is 303 g/mol. The number of nitrogens with one attached hydrogen (secondary N) is 1. The fourth-order valence-electron chi connectivity index (χ4n) is 1.78. The molecule has 2 aromatic rings. The topological polar surface area (TPSA) is 77.0 Å². The van der Waals surface area contributed by atoms with Crippen molar-refractivity contribution in [2.45, 2.75) is 19.0 Å². The minimum Gasteiger partial charge on any atom is -0.337 e. The van der Waals surface area contributed by atoms with Crippen molar-refractivity contribution in [2.24, 2.45) is 5.73 Å². The summed E-state index contributed by atoms with van der Waals surface area (Å²) in [6.07, 6.45) is 1.06. The van der Waals surface area contributed by atoms with E-state index in [1.165, 1.54) is 0 Å². The number of aromatic nitrogens is 2. The minimum absolute atomic E-state index is 0. The van der Waals surface area contributed by atoms with Crippen molar-refractivity contribution in [3.63, 3.8) is 0 Å². The highest BCUT2D eigenvalue weighted by Gasteiger charge is 2.24. The molecule has 104 valence electrons. The summed E-state index contributed by atoms with van der Waals surface area (Å²) in [6, 6.07) is 8.12. The molecular formula is C12H16Cl2N4O. The standard InChI is InChI=1S/C12H14N4O.2ClH/c13-7-8-1-3-9(4-2-8)11-15-12(17-16-11)10-5-6-14-10;;/h1-4,10,14H,5-7,13H2;2*1H/t10-;;/m1../s1. The molecule has 0 aliphatic carbocycles. The molecule has 19 heavy (non-hydrogen) atoms. The molecule has 0 saturated carbocycles. The van der Waals surface area contributed by atoms with Crippen molar-refractivity contribution >= 4 is 24.8 Å². The maximum Gasteiger partial charge on any atom is 0.244 e. The summed E-state index contributed by atoms with van der Waals surface area (Å²) in [4.78, 5) is 4.39. The van der Waals surface area contributed by atoms with Gasteiger partial charge >= 0.3 is 0 Å². The van der Waals surface area contributed by atoms with Crippen LogP contribution in [0.15, 0.2) is 28.8 Å². The summed E-state index contributed by atoms with van der Waals surface area (Å²) in [5.74, 6) is 1.31. The van der Waals surface area contributed by atoms with Gasteiger partial charge in [-0.3, -0.25) is 0 Å². The zero-order chi connectivity index (χ0) is 11.7. The van der Waals surface area contributed by atoms with E-state index in [9.17, 15) is 0 Å². The van der Waals surface area contributed by atoms with E-state index in [0.717, 1.165) is 24.1 Å². The van der Waals surface area contributed by atoms with Crippen LogP contribution in [0.25, 0.3) is 11.4 Å². The van der Waals surface area contributed by atoms with Crippen molar-refractivity contribution < 1.29 is 4.52 Å². The summed E-state index contributed by atoms with van der Waals surface area (Å²) in [5, 5.41) is 7.22. The molecule has 2 heterocycles. The first-order valence-corrected chi connectivity index (χ1v) is 5.73. The Kier molecular flexibility index (Phi) is 5.75. The second-order valence-corrected chi connectivity index (χ2v) is 4.15. The molecule has 1 aliphatic rings. The van der Waals surface area contributed by atoms with E-state index < -0.39 is 0 Å². The lowest BCUT2D eigenvalue weighted by molar-refractivity contribution is 0.273. The van der Waals surface area contributed by atoms with Gasteiger partial charge in [0.2, 0.25) is 11.7 Å². The quantitative estimate of drug-likeness (QED) is 0.907. The lowest BCUT2D eigenvalue weighted by Gasteiger charge is -2.23. The Bertz CT molecular complexity index is 511. The molecule has 1 atom stereocenters. The second kappa shape index (κ2) is 6.86. The average Bonchev–Trinajstić information content (AvgIpc) is 2.76. The molecular weight excluding hydrogens is 287 g/mol. The highest BCUT2D eigenvalue weighted by Crippen LogP contribution is 2.24. The van der Waals surface area contributed by atoms with E-state index in [1.807, 2.05) is 24.3 Å². The van der Waals surface area contributed by atoms with Crippen molar-refractivity contribution in [3.8, 4) is 11.4 Å². The number of benzene rings is 1. The Labute approximate surface area is 123 Å². The summed E-state index contributed by atoms with van der Waals surface area (Å²) in [7, 11) is 0. The van der Waals surface area contributed by atoms with Crippen LogP contribution in [-0.2, 0) is 6.54 Å². The molecule has 3 rings (SSSR count). The van der Waals surface area contributed by atoms with Gasteiger partial charge in [-0.2, -0.15) is 4.98 Å². The Balaban J connectivity index is 0.000000902. The largest absolute Gasteiger partial charge is 0.337 e. The normalized spacial score (nSPS) is 17.0. The summed E-state index contributed by atoms with van der Waals surface area (Å²) in [5.41, 5.74) is 7.60. The van der Waals surface area contributed by atoms with Gasteiger partial charge in [0.1, 0.15) is 0 Å². The predicted octanol–water partition coefficient (Wildman–Crippen LogP) is 2.07. The molecule has 0 spiro atoms. The van der Waals surface area contributed by atoms with Gasteiger partial charge in [-0.25, -0.2) is 0 Å². The molecule has 0 amide bonds. The first-order valence-electron chi connectivity index (χ1n) is 5.73. The Morgan fingerprint density at radius 3 is 2.47 bits per heavy atom. The first-order chi connectivity index (χ1) is 8.36. The lowest BCUT2D eigenvalue weighted by atomic mass is 10.1. The molecule has 1 saturated heterocycles. The van der Waals surface area contributed by atoms with Crippen LogP contribution in [0.2, 0.25) is 0 Å². The van der Waals surface area contributed by atoms with Crippen LogP contribution >= 0.6 is 24.8 Å². The minimum atomic E-state index is 0. The van der Waals surface area contributed by atoms with Crippen molar-refractivity contribution in [1.82, 2.24) is 15.5 Å². The van der Waals surface area contributed by atoms with Crippen molar-refractivity contribution in [1.29, 1.82) is 0 Å².